The number of aliphatic hydroxyl groups excluding tert-OH is 2. The number of nitrogens with zero attached hydrogens (tertiary/aromatic N) is 1. The van der Waals surface area contributed by atoms with E-state index in [9.17, 15) is 39.6 Å². The highest BCUT2D eigenvalue weighted by Gasteiger charge is 2.62. The topological polar surface area (TPSA) is 178 Å². The van der Waals surface area contributed by atoms with Crippen molar-refractivity contribution in [2.24, 2.45) is 23.5 Å². The van der Waals surface area contributed by atoms with Gasteiger partial charge < -0.3 is 31.1 Å². The Balaban J connectivity index is 1.65. The summed E-state index contributed by atoms with van der Waals surface area (Å²) in [5.41, 5.74) is 4.68. The highest BCUT2D eigenvalue weighted by atomic mass is 16.3. The number of allylic oxidation sites excluding steroid dienone is 1. The number of rotatable bonds is 3. The zero-order valence-electron chi connectivity index (χ0n) is 20.8. The average Bonchev–Trinajstić information content (AvgIpc) is 2.85. The smallest absolute Gasteiger partial charge is 0.253 e. The largest absolute Gasteiger partial charge is 0.508 e. The van der Waals surface area contributed by atoms with Crippen LogP contribution in [0.2, 0.25) is 0 Å². The van der Waals surface area contributed by atoms with Gasteiger partial charge in [-0.05, 0) is 60.1 Å². The molecular formula is C28H28N2O8. The summed E-state index contributed by atoms with van der Waals surface area (Å²) in [6, 6.07) is 9.87. The number of hydrogen-bond acceptors (Lipinski definition) is 8. The summed E-state index contributed by atoms with van der Waals surface area (Å²) in [4.78, 5) is 52.7. The summed E-state index contributed by atoms with van der Waals surface area (Å²) in [5, 5.41) is 43.7. The Labute approximate surface area is 218 Å². The van der Waals surface area contributed by atoms with Crippen LogP contribution < -0.4 is 5.73 Å². The molecule has 6 N–H and O–H groups in total. The first kappa shape index (κ1) is 25.6. The molecule has 10 heteroatoms. The van der Waals surface area contributed by atoms with E-state index in [0.29, 0.717) is 22.3 Å². The minimum absolute atomic E-state index is 0.0681. The van der Waals surface area contributed by atoms with E-state index in [2.05, 4.69) is 0 Å². The number of carbonyl (C=O) groups excluding carboxylic acids is 4. The van der Waals surface area contributed by atoms with Gasteiger partial charge in [-0.3, -0.25) is 19.2 Å². The van der Waals surface area contributed by atoms with Gasteiger partial charge in [-0.2, -0.15) is 0 Å². The average molecular weight is 521 g/mol. The van der Waals surface area contributed by atoms with E-state index in [0.717, 1.165) is 0 Å². The Hall–Kier alpha value is -4.02. The van der Waals surface area contributed by atoms with Gasteiger partial charge in [0.1, 0.15) is 17.4 Å². The van der Waals surface area contributed by atoms with E-state index >= 15 is 0 Å². The van der Waals surface area contributed by atoms with Crippen LogP contribution >= 0.6 is 0 Å². The predicted octanol–water partition coefficient (Wildman–Crippen LogP) is 1.11. The Morgan fingerprint density at radius 3 is 2.45 bits per heavy atom. The summed E-state index contributed by atoms with van der Waals surface area (Å²) in [5.74, 6) is -7.71. The molecule has 0 saturated heterocycles. The Bertz CT molecular complexity index is 1440. The molecule has 1 fully saturated rings. The number of nitrogens with two attached hydrogens (primary N) is 1. The Kier molecular flexibility index (Phi) is 5.92. The molecule has 0 heterocycles. The van der Waals surface area contributed by atoms with Crippen molar-refractivity contribution in [2.45, 2.75) is 31.0 Å². The number of fused-ring (bicyclic) bond motifs is 3. The molecule has 2 aromatic rings. The van der Waals surface area contributed by atoms with Crippen LogP contribution in [0.1, 0.15) is 39.1 Å². The van der Waals surface area contributed by atoms with E-state index in [1.165, 1.54) is 11.0 Å². The third kappa shape index (κ3) is 3.55. The zero-order valence-corrected chi connectivity index (χ0v) is 20.8. The third-order valence-corrected chi connectivity index (χ3v) is 8.10. The normalized spacial score (nSPS) is 28.3. The molecule has 5 rings (SSSR count). The number of amides is 2. The van der Waals surface area contributed by atoms with Crippen LogP contribution in [0.5, 0.6) is 5.75 Å². The van der Waals surface area contributed by atoms with Gasteiger partial charge in [-0.15, -0.1) is 0 Å². The monoisotopic (exact) mass is 520 g/mol. The molecule has 2 amide bonds. The number of benzene rings is 2. The maximum Gasteiger partial charge on any atom is 0.253 e. The summed E-state index contributed by atoms with van der Waals surface area (Å²) in [7, 11) is 3.28. The fourth-order valence-electron chi connectivity index (χ4n) is 6.28. The number of aromatic hydroxyl groups is 1. The number of aliphatic hydroxyl groups is 3. The van der Waals surface area contributed by atoms with Crippen LogP contribution in [0.15, 0.2) is 47.7 Å². The molecular weight excluding hydrogens is 492 g/mol. The summed E-state index contributed by atoms with van der Waals surface area (Å²) in [6.07, 6.45) is -1.34. The van der Waals surface area contributed by atoms with Crippen LogP contribution in [0.25, 0.3) is 11.1 Å². The summed E-state index contributed by atoms with van der Waals surface area (Å²) >= 11 is 0. The van der Waals surface area contributed by atoms with Crippen molar-refractivity contribution >= 4 is 23.4 Å². The van der Waals surface area contributed by atoms with Gasteiger partial charge in [0, 0.05) is 31.1 Å². The molecule has 2 aromatic carbocycles. The van der Waals surface area contributed by atoms with Crippen molar-refractivity contribution in [2.75, 3.05) is 14.1 Å². The van der Waals surface area contributed by atoms with Gasteiger partial charge in [-0.1, -0.05) is 18.2 Å². The van der Waals surface area contributed by atoms with E-state index in [1.807, 2.05) is 0 Å². The summed E-state index contributed by atoms with van der Waals surface area (Å²) in [6.45, 7) is 0. The van der Waals surface area contributed by atoms with Crippen molar-refractivity contribution in [3.8, 4) is 16.9 Å². The van der Waals surface area contributed by atoms with Gasteiger partial charge in [0.25, 0.3) is 5.91 Å². The molecule has 0 spiro atoms. The van der Waals surface area contributed by atoms with Gasteiger partial charge in [-0.25, -0.2) is 0 Å². The number of hydrogen-bond donors (Lipinski definition) is 5. The molecule has 2 unspecified atom stereocenters. The first-order valence-corrected chi connectivity index (χ1v) is 12.3. The van der Waals surface area contributed by atoms with Gasteiger partial charge in [0.2, 0.25) is 5.91 Å². The van der Waals surface area contributed by atoms with Crippen LogP contribution in [-0.2, 0) is 16.0 Å². The molecule has 3 aliphatic rings. The van der Waals surface area contributed by atoms with E-state index in [-0.39, 0.29) is 42.1 Å². The number of carbonyl (C=O) groups is 4. The maximum absolute atomic E-state index is 13.7. The number of Topliss-reactive ketones (excluding diaryl/α,β-unsaturated/α-hetero) is 2. The highest BCUT2D eigenvalue weighted by Crippen LogP contribution is 2.52. The highest BCUT2D eigenvalue weighted by molar-refractivity contribution is 6.16. The van der Waals surface area contributed by atoms with Crippen molar-refractivity contribution < 1.29 is 39.6 Å². The fraction of sp³-hybridized carbons (Fsp3) is 0.357. The molecule has 1 saturated carbocycles. The Morgan fingerprint density at radius 2 is 1.79 bits per heavy atom. The first-order valence-electron chi connectivity index (χ1n) is 12.3. The quantitative estimate of drug-likeness (QED) is 0.374. The van der Waals surface area contributed by atoms with E-state index in [1.54, 1.807) is 44.4 Å². The second-order valence-electron chi connectivity index (χ2n) is 10.5. The van der Waals surface area contributed by atoms with Gasteiger partial charge in [0.15, 0.2) is 17.2 Å². The summed E-state index contributed by atoms with van der Waals surface area (Å²) < 4.78 is 0. The lowest BCUT2D eigenvalue weighted by atomic mass is 9.57. The van der Waals surface area contributed by atoms with Crippen molar-refractivity contribution in [1.82, 2.24) is 4.90 Å². The van der Waals surface area contributed by atoms with Crippen molar-refractivity contribution in [1.29, 1.82) is 0 Å². The predicted molar refractivity (Wildman–Crippen MR) is 134 cm³/mol. The van der Waals surface area contributed by atoms with E-state index < -0.39 is 52.7 Å². The van der Waals surface area contributed by atoms with Crippen LogP contribution in [0.4, 0.5) is 0 Å². The molecule has 38 heavy (non-hydrogen) atoms. The maximum atomic E-state index is 13.7. The number of primary amides is 1. The second kappa shape index (κ2) is 8.78. The first-order chi connectivity index (χ1) is 17.9. The third-order valence-electron chi connectivity index (χ3n) is 8.10. The lowest BCUT2D eigenvalue weighted by Gasteiger charge is -2.48. The second-order valence-corrected chi connectivity index (χ2v) is 10.5. The number of phenols is 1. The van der Waals surface area contributed by atoms with Crippen LogP contribution in [0, 0.1) is 17.8 Å². The van der Waals surface area contributed by atoms with Crippen molar-refractivity contribution in [3.63, 3.8) is 0 Å². The zero-order chi connectivity index (χ0) is 27.7. The molecule has 0 aliphatic heterocycles. The van der Waals surface area contributed by atoms with E-state index in [4.69, 9.17) is 5.73 Å². The van der Waals surface area contributed by atoms with Gasteiger partial charge in [0.05, 0.1) is 11.7 Å². The molecule has 0 aromatic heterocycles. The SMILES string of the molecule is CN(C)C(=O)c1cccc(-c2ccc(O)c3c2C[C@H]2C[C@H]4CC(O)C(C(N)=O)C(=O)[C@@]4(O)C(O)=C2C3=O)c1. The lowest BCUT2D eigenvalue weighted by Crippen LogP contribution is -2.63. The minimum Gasteiger partial charge on any atom is -0.508 e. The molecule has 3 aliphatic carbocycles. The lowest BCUT2D eigenvalue weighted by molar-refractivity contribution is -0.167. The minimum atomic E-state index is -2.55. The van der Waals surface area contributed by atoms with Crippen LogP contribution in [-0.4, -0.2) is 74.5 Å². The molecule has 5 atom stereocenters. The fourth-order valence-corrected chi connectivity index (χ4v) is 6.28. The number of ketones is 2. The van der Waals surface area contributed by atoms with Crippen LogP contribution in [0.3, 0.4) is 0 Å². The molecule has 0 radical (unpaired) electrons. The number of phenolic OH excluding ortho intramolecular Hbond substituents is 1. The Morgan fingerprint density at radius 1 is 1.08 bits per heavy atom. The van der Waals surface area contributed by atoms with Crippen molar-refractivity contribution in [3.05, 3.63) is 64.4 Å². The van der Waals surface area contributed by atoms with Gasteiger partial charge >= 0.3 is 0 Å². The molecule has 198 valence electrons. The standard InChI is InChI=1S/C28H28N2O8/c1-30(2)27(37)13-5-3-4-12(8-13)16-6-7-18(31)21-17(16)10-14-9-15-11-19(32)22(26(29)36)25(35)28(15,38)24(34)20(14)23(21)33/h3-8,14-15,19,22,31-32,34,38H,9-11H2,1-2H3,(H2,29,36)/t14-,15+,19?,22?,28+/m1/s1. The molecule has 0 bridgehead atoms. The molecule has 10 nitrogen and oxygen atoms in total.